The first-order chi connectivity index (χ1) is 17.7. The highest BCUT2D eigenvalue weighted by molar-refractivity contribution is 5.98. The molecule has 2 atom stereocenters. The molecule has 3 amide bonds. The molecule has 2 saturated heterocycles. The molecule has 2 fully saturated rings. The molecule has 37 heavy (non-hydrogen) atoms. The predicted molar refractivity (Wildman–Crippen MR) is 126 cm³/mol. The number of urea groups is 1. The number of rotatable bonds is 5. The van der Waals surface area contributed by atoms with Crippen LogP contribution in [-0.4, -0.2) is 73.1 Å². The van der Waals surface area contributed by atoms with Crippen molar-refractivity contribution in [3.05, 3.63) is 53.6 Å². The maximum atomic E-state index is 14.5. The molecule has 9 nitrogen and oxygen atoms in total. The van der Waals surface area contributed by atoms with E-state index in [1.807, 2.05) is 6.07 Å². The number of nitriles is 1. The topological polar surface area (TPSA) is 106 Å². The summed E-state index contributed by atoms with van der Waals surface area (Å²) in [6.45, 7) is -1.24. The number of ether oxygens (including phenoxy) is 3. The van der Waals surface area contributed by atoms with Crippen molar-refractivity contribution in [1.29, 1.82) is 5.26 Å². The lowest BCUT2D eigenvalue weighted by Gasteiger charge is -2.33. The fourth-order valence-corrected chi connectivity index (χ4v) is 4.78. The van der Waals surface area contributed by atoms with E-state index in [9.17, 15) is 28.4 Å². The highest BCUT2D eigenvalue weighted by atomic mass is 19.3. The number of benzene rings is 2. The number of alkyl halides is 2. The minimum atomic E-state index is -3.24. The number of carbonyl (C=O) groups is 3. The second kappa shape index (κ2) is 10.1. The van der Waals surface area contributed by atoms with Gasteiger partial charge >= 0.3 is 23.8 Å². The normalized spacial score (nSPS) is 22.2. The number of hydrogen-bond acceptors (Lipinski definition) is 7. The van der Waals surface area contributed by atoms with Crippen LogP contribution in [0.2, 0.25) is 0 Å². The van der Waals surface area contributed by atoms with Crippen LogP contribution in [0.5, 0.6) is 17.2 Å². The van der Waals surface area contributed by atoms with Crippen molar-refractivity contribution in [3.63, 3.8) is 0 Å². The van der Waals surface area contributed by atoms with Crippen molar-refractivity contribution in [2.45, 2.75) is 31.2 Å². The Hall–Kier alpha value is -4.04. The summed E-state index contributed by atoms with van der Waals surface area (Å²) in [5.41, 5.74) is 0.130. The largest absolute Gasteiger partial charge is 0.493 e. The highest BCUT2D eigenvalue weighted by Gasteiger charge is 2.61. The maximum Gasteiger partial charge on any atom is 0.428 e. The van der Waals surface area contributed by atoms with Gasteiger partial charge in [-0.1, -0.05) is 18.2 Å². The van der Waals surface area contributed by atoms with Gasteiger partial charge in [-0.25, -0.2) is 23.2 Å². The van der Waals surface area contributed by atoms with Gasteiger partial charge in [-0.3, -0.25) is 4.90 Å². The Balaban J connectivity index is 1.73. The lowest BCUT2D eigenvalue weighted by Crippen LogP contribution is -2.61. The molecule has 0 aromatic heterocycles. The summed E-state index contributed by atoms with van der Waals surface area (Å²) < 4.78 is 44.0. The number of halogens is 2. The average molecular weight is 515 g/mol. The van der Waals surface area contributed by atoms with Crippen LogP contribution in [0, 0.1) is 11.3 Å². The average Bonchev–Trinajstić information content (AvgIpc) is 3.52. The van der Waals surface area contributed by atoms with E-state index in [1.165, 1.54) is 31.3 Å². The van der Waals surface area contributed by atoms with Crippen molar-refractivity contribution in [1.82, 2.24) is 4.90 Å². The Labute approximate surface area is 212 Å². The molecule has 4 rings (SSSR count). The number of imide groups is 1. The molecular weight excluding hydrogens is 488 g/mol. The van der Waals surface area contributed by atoms with E-state index < -0.39 is 53.9 Å². The second-order valence-corrected chi connectivity index (χ2v) is 8.99. The van der Waals surface area contributed by atoms with E-state index in [4.69, 9.17) is 14.2 Å². The van der Waals surface area contributed by atoms with E-state index in [-0.39, 0.29) is 34.9 Å². The summed E-state index contributed by atoms with van der Waals surface area (Å²) in [4.78, 5) is 41.3. The van der Waals surface area contributed by atoms with Gasteiger partial charge in [-0.15, -0.1) is 0 Å². The van der Waals surface area contributed by atoms with Crippen LogP contribution < -0.4 is 14.2 Å². The van der Waals surface area contributed by atoms with E-state index in [0.29, 0.717) is 12.8 Å². The molecule has 2 aliphatic rings. The third kappa shape index (κ3) is 4.84. The first-order valence-electron chi connectivity index (χ1n) is 11.7. The zero-order valence-electron chi connectivity index (χ0n) is 20.4. The maximum absolute atomic E-state index is 14.5. The predicted octanol–water partition coefficient (Wildman–Crippen LogP) is 4.03. The number of likely N-dealkylation sites (tertiary alicyclic amines) is 2. The van der Waals surface area contributed by atoms with Crippen LogP contribution in [0.1, 0.15) is 40.0 Å². The van der Waals surface area contributed by atoms with E-state index in [0.717, 1.165) is 0 Å². The quantitative estimate of drug-likeness (QED) is 0.337. The van der Waals surface area contributed by atoms with Crippen molar-refractivity contribution in [2.75, 3.05) is 33.9 Å². The minimum absolute atomic E-state index is 0.0559. The zero-order valence-corrected chi connectivity index (χ0v) is 20.4. The standard InChI is InChI=1S/C26H26F2N3O6/c1-35-20-13-18(14-21(36-2)22(20)37-24(33)17-7-4-3-5-8-17)23(32)31(12-10-26(27,28)16-31)25(34)30-11-6-9-19(30)15-29/h3-5,7-8,13-14,19H,6,9-12,16H2,1-2H3/q+1/t19-,31-/m0/s1. The Bertz CT molecular complexity index is 1240. The van der Waals surface area contributed by atoms with E-state index in [1.54, 1.807) is 30.3 Å². The number of methoxy groups -OCH3 is 2. The number of nitrogens with zero attached hydrogens (tertiary/aromatic N) is 3. The summed E-state index contributed by atoms with van der Waals surface area (Å²) in [5, 5.41) is 9.43. The van der Waals surface area contributed by atoms with Crippen LogP contribution in [0.3, 0.4) is 0 Å². The molecule has 2 aromatic rings. The first-order valence-corrected chi connectivity index (χ1v) is 11.7. The molecule has 0 aliphatic carbocycles. The number of quaternary nitrogens is 1. The SMILES string of the molecule is COc1cc(C(=O)[N@+]2(C(=O)N3CCC[C@H]3C#N)CCC(F)(F)C2)cc(OC)c1OC(=O)c1ccccc1. The number of amides is 3. The summed E-state index contributed by atoms with van der Waals surface area (Å²) in [7, 11) is 2.56. The van der Waals surface area contributed by atoms with Crippen molar-refractivity contribution in [2.24, 2.45) is 0 Å². The number of esters is 1. The fraction of sp³-hybridized carbons (Fsp3) is 0.385. The molecule has 0 saturated carbocycles. The monoisotopic (exact) mass is 514 g/mol. The Morgan fingerprint density at radius 1 is 1.08 bits per heavy atom. The van der Waals surface area contributed by atoms with Gasteiger partial charge in [-0.2, -0.15) is 9.74 Å². The van der Waals surface area contributed by atoms with Crippen LogP contribution in [0.15, 0.2) is 42.5 Å². The van der Waals surface area contributed by atoms with Gasteiger partial charge in [0.25, 0.3) is 0 Å². The molecule has 0 spiro atoms. The van der Waals surface area contributed by atoms with Gasteiger partial charge in [0.2, 0.25) is 5.75 Å². The third-order valence-electron chi connectivity index (χ3n) is 6.67. The smallest absolute Gasteiger partial charge is 0.428 e. The summed E-state index contributed by atoms with van der Waals surface area (Å²) >= 11 is 0. The van der Waals surface area contributed by atoms with Crippen LogP contribution in [-0.2, 0) is 0 Å². The molecule has 0 radical (unpaired) electrons. The van der Waals surface area contributed by atoms with Crippen molar-refractivity contribution < 1.29 is 41.9 Å². The first kappa shape index (κ1) is 26.0. The molecule has 194 valence electrons. The van der Waals surface area contributed by atoms with E-state index in [2.05, 4.69) is 0 Å². The van der Waals surface area contributed by atoms with E-state index >= 15 is 0 Å². The van der Waals surface area contributed by atoms with Gasteiger partial charge in [0.1, 0.15) is 12.6 Å². The summed E-state index contributed by atoms with van der Waals surface area (Å²) in [5.74, 6) is -5.05. The molecule has 2 heterocycles. The molecule has 2 aliphatic heterocycles. The van der Waals surface area contributed by atoms with Gasteiger partial charge in [0.05, 0.1) is 37.8 Å². The highest BCUT2D eigenvalue weighted by Crippen LogP contribution is 2.42. The molecule has 0 unspecified atom stereocenters. The number of hydrogen-bond donors (Lipinski definition) is 0. The number of carbonyl (C=O) groups excluding carboxylic acids is 3. The lowest BCUT2D eigenvalue weighted by molar-refractivity contribution is -0.762. The summed E-state index contributed by atoms with van der Waals surface area (Å²) in [6.07, 6.45) is 0.296. The lowest BCUT2D eigenvalue weighted by atomic mass is 10.1. The molecule has 0 bridgehead atoms. The molecule has 11 heteroatoms. The van der Waals surface area contributed by atoms with Crippen molar-refractivity contribution in [3.8, 4) is 23.3 Å². The summed E-state index contributed by atoms with van der Waals surface area (Å²) in [6, 6.07) is 11.0. The second-order valence-electron chi connectivity index (χ2n) is 8.99. The molecular formula is C26H26F2N3O6+. The molecule has 2 aromatic carbocycles. The van der Waals surface area contributed by atoms with Gasteiger partial charge < -0.3 is 14.2 Å². The fourth-order valence-electron chi connectivity index (χ4n) is 4.78. The zero-order chi connectivity index (χ0) is 26.8. The van der Waals surface area contributed by atoms with Gasteiger partial charge in [0, 0.05) is 18.7 Å². The minimum Gasteiger partial charge on any atom is -0.493 e. The Morgan fingerprint density at radius 2 is 1.73 bits per heavy atom. The van der Waals surface area contributed by atoms with Crippen molar-refractivity contribution >= 4 is 17.9 Å². The van der Waals surface area contributed by atoms with Crippen LogP contribution in [0.4, 0.5) is 13.6 Å². The Kier molecular flexibility index (Phi) is 7.14. The van der Waals surface area contributed by atoms with Crippen LogP contribution in [0.25, 0.3) is 0 Å². The Morgan fingerprint density at radius 3 is 2.27 bits per heavy atom. The van der Waals surface area contributed by atoms with Gasteiger partial charge in [0.15, 0.2) is 18.0 Å². The van der Waals surface area contributed by atoms with Crippen LogP contribution >= 0.6 is 0 Å². The van der Waals surface area contributed by atoms with Gasteiger partial charge in [-0.05, 0) is 25.0 Å². The third-order valence-corrected chi connectivity index (χ3v) is 6.67. The molecule has 0 N–H and O–H groups in total.